The molecular formula is C24H34N2O7. The molecule has 4 rings (SSSR count). The van der Waals surface area contributed by atoms with E-state index in [1.807, 2.05) is 44.2 Å². The molecule has 1 unspecified atom stereocenters. The molecule has 0 radical (unpaired) electrons. The molecular weight excluding hydrogens is 428 g/mol. The maximum atomic E-state index is 13.4. The maximum Gasteiger partial charge on any atom is 0.318 e. The summed E-state index contributed by atoms with van der Waals surface area (Å²) in [6, 6.07) is 8.90. The van der Waals surface area contributed by atoms with E-state index in [2.05, 4.69) is 5.32 Å². The summed E-state index contributed by atoms with van der Waals surface area (Å²) in [5.41, 5.74) is 0.994. The molecule has 3 aliphatic rings. The highest BCUT2D eigenvalue weighted by atomic mass is 16.8. The van der Waals surface area contributed by atoms with Crippen LogP contribution in [0.1, 0.15) is 45.6 Å². The highest BCUT2D eigenvalue weighted by molar-refractivity contribution is 5.77. The molecule has 0 spiro atoms. The maximum absolute atomic E-state index is 13.4. The molecule has 1 aliphatic carbocycles. The largest absolute Gasteiger partial charge is 0.466 e. The first-order valence-electron chi connectivity index (χ1n) is 11.6. The first-order valence-corrected chi connectivity index (χ1v) is 11.6. The molecule has 5 atom stereocenters. The minimum atomic E-state index is -0.795. The molecule has 33 heavy (non-hydrogen) atoms. The monoisotopic (exact) mass is 462 g/mol. The lowest BCUT2D eigenvalue weighted by Gasteiger charge is -2.37. The van der Waals surface area contributed by atoms with Crippen LogP contribution in [0.25, 0.3) is 0 Å². The van der Waals surface area contributed by atoms with Crippen LogP contribution in [-0.4, -0.2) is 73.1 Å². The summed E-state index contributed by atoms with van der Waals surface area (Å²) >= 11 is 0. The number of nitrogens with zero attached hydrogens (tertiary/aromatic N) is 1. The molecule has 9 nitrogen and oxygen atoms in total. The highest BCUT2D eigenvalue weighted by Crippen LogP contribution is 2.42. The van der Waals surface area contributed by atoms with Crippen LogP contribution in [0.2, 0.25) is 0 Å². The second-order valence-electron chi connectivity index (χ2n) is 9.13. The van der Waals surface area contributed by atoms with Gasteiger partial charge in [-0.25, -0.2) is 4.79 Å². The lowest BCUT2D eigenvalue weighted by Crippen LogP contribution is -2.56. The molecule has 0 aromatic heterocycles. The van der Waals surface area contributed by atoms with Gasteiger partial charge in [0.2, 0.25) is 0 Å². The van der Waals surface area contributed by atoms with Gasteiger partial charge < -0.3 is 33.9 Å². The van der Waals surface area contributed by atoms with Gasteiger partial charge in [0, 0.05) is 19.7 Å². The lowest BCUT2D eigenvalue weighted by atomic mass is 9.98. The number of urea groups is 1. The fraction of sp³-hybridized carbons (Fsp3) is 0.667. The van der Waals surface area contributed by atoms with Crippen LogP contribution in [0.15, 0.2) is 30.3 Å². The lowest BCUT2D eigenvalue weighted by molar-refractivity contribution is -0.223. The summed E-state index contributed by atoms with van der Waals surface area (Å²) in [7, 11) is 1.58. The normalized spacial score (nSPS) is 28.7. The van der Waals surface area contributed by atoms with Crippen LogP contribution in [-0.2, 0) is 35.0 Å². The number of benzene rings is 1. The Bertz CT molecular complexity index is 829. The van der Waals surface area contributed by atoms with E-state index >= 15 is 0 Å². The number of fused-ring (bicyclic) bond motifs is 1. The van der Waals surface area contributed by atoms with Crippen molar-refractivity contribution in [1.82, 2.24) is 10.2 Å². The van der Waals surface area contributed by atoms with Crippen molar-refractivity contribution in [2.24, 2.45) is 0 Å². The third-order valence-corrected chi connectivity index (χ3v) is 6.18. The number of hydrogen-bond acceptors (Lipinski definition) is 7. The van der Waals surface area contributed by atoms with Crippen molar-refractivity contribution in [3.8, 4) is 0 Å². The SMILES string of the molecule is CCOC(=O)CC([C@@H]1O[C@@H]2OC(C)(C)O[C@@H]2[C@H]1OC)N(C(=O)NCc1ccccc1)C1CC1. The van der Waals surface area contributed by atoms with Gasteiger partial charge in [-0.2, -0.15) is 0 Å². The Balaban J connectivity index is 1.55. The van der Waals surface area contributed by atoms with E-state index in [1.54, 1.807) is 18.9 Å². The minimum Gasteiger partial charge on any atom is -0.466 e. The second kappa shape index (κ2) is 9.97. The molecule has 1 saturated carbocycles. The van der Waals surface area contributed by atoms with Crippen molar-refractivity contribution in [1.29, 1.82) is 0 Å². The summed E-state index contributed by atoms with van der Waals surface area (Å²) in [5.74, 6) is -1.18. The van der Waals surface area contributed by atoms with Crippen molar-refractivity contribution in [2.75, 3.05) is 13.7 Å². The zero-order valence-corrected chi connectivity index (χ0v) is 19.7. The number of nitrogens with one attached hydrogen (secondary N) is 1. The highest BCUT2D eigenvalue weighted by Gasteiger charge is 2.59. The van der Waals surface area contributed by atoms with Crippen LogP contribution in [0, 0.1) is 0 Å². The number of esters is 1. The molecule has 2 amide bonds. The molecule has 2 saturated heterocycles. The predicted molar refractivity (Wildman–Crippen MR) is 118 cm³/mol. The number of ether oxygens (including phenoxy) is 5. The third-order valence-electron chi connectivity index (χ3n) is 6.18. The smallest absolute Gasteiger partial charge is 0.318 e. The summed E-state index contributed by atoms with van der Waals surface area (Å²) < 4.78 is 29.2. The Kier molecular flexibility index (Phi) is 7.23. The predicted octanol–water partition coefficient (Wildman–Crippen LogP) is 2.57. The van der Waals surface area contributed by atoms with E-state index in [1.165, 1.54) is 0 Å². The zero-order chi connectivity index (χ0) is 23.6. The van der Waals surface area contributed by atoms with Crippen molar-refractivity contribution in [2.45, 2.75) is 89.1 Å². The first-order chi connectivity index (χ1) is 15.8. The van der Waals surface area contributed by atoms with E-state index in [0.29, 0.717) is 6.54 Å². The molecule has 3 fully saturated rings. The number of rotatable bonds is 9. The van der Waals surface area contributed by atoms with Crippen LogP contribution in [0.4, 0.5) is 4.79 Å². The Labute approximate surface area is 194 Å². The minimum absolute atomic E-state index is 0.00352. The van der Waals surface area contributed by atoms with Crippen molar-refractivity contribution in [3.63, 3.8) is 0 Å². The Hall–Kier alpha value is -2.20. The molecule has 9 heteroatoms. The Morgan fingerprint density at radius 3 is 2.58 bits per heavy atom. The fourth-order valence-electron chi connectivity index (χ4n) is 4.65. The standard InChI is InChI=1S/C24H34N2O7/c1-5-30-18(27)13-17(19-20(29-4)21-22(31-19)33-24(2,3)32-21)26(16-11-12-16)23(28)25-14-15-9-7-6-8-10-15/h6-10,16-17,19-22H,5,11-14H2,1-4H3,(H,25,28)/t17?,19-,20-,21+,22+/m0/s1. The van der Waals surface area contributed by atoms with E-state index in [0.717, 1.165) is 18.4 Å². The Morgan fingerprint density at radius 2 is 1.94 bits per heavy atom. The third kappa shape index (κ3) is 5.48. The summed E-state index contributed by atoms with van der Waals surface area (Å²) in [4.78, 5) is 27.7. The molecule has 0 bridgehead atoms. The van der Waals surface area contributed by atoms with E-state index in [-0.39, 0.29) is 31.1 Å². The van der Waals surface area contributed by atoms with Gasteiger partial charge in [0.25, 0.3) is 0 Å². The zero-order valence-electron chi connectivity index (χ0n) is 19.7. The van der Waals surface area contributed by atoms with Crippen molar-refractivity contribution >= 4 is 12.0 Å². The van der Waals surface area contributed by atoms with Gasteiger partial charge in [0.05, 0.1) is 19.1 Å². The van der Waals surface area contributed by atoms with Gasteiger partial charge in [-0.1, -0.05) is 30.3 Å². The molecule has 2 aliphatic heterocycles. The van der Waals surface area contributed by atoms with Gasteiger partial charge >= 0.3 is 12.0 Å². The van der Waals surface area contributed by atoms with Crippen LogP contribution in [0.5, 0.6) is 0 Å². The van der Waals surface area contributed by atoms with E-state index in [4.69, 9.17) is 23.7 Å². The molecule has 182 valence electrons. The number of methoxy groups -OCH3 is 1. The number of hydrogen-bond donors (Lipinski definition) is 1. The van der Waals surface area contributed by atoms with Gasteiger partial charge in [-0.05, 0) is 39.2 Å². The second-order valence-corrected chi connectivity index (χ2v) is 9.13. The average Bonchev–Trinajstić information content (AvgIpc) is 3.49. The van der Waals surface area contributed by atoms with Crippen LogP contribution >= 0.6 is 0 Å². The number of carbonyl (C=O) groups is 2. The average molecular weight is 463 g/mol. The fourth-order valence-corrected chi connectivity index (χ4v) is 4.65. The molecule has 1 N–H and O–H groups in total. The van der Waals surface area contributed by atoms with Gasteiger partial charge in [-0.3, -0.25) is 4.79 Å². The first kappa shape index (κ1) is 23.9. The van der Waals surface area contributed by atoms with Crippen LogP contribution in [0.3, 0.4) is 0 Å². The quantitative estimate of drug-likeness (QED) is 0.564. The Morgan fingerprint density at radius 1 is 1.21 bits per heavy atom. The van der Waals surface area contributed by atoms with E-state index in [9.17, 15) is 9.59 Å². The molecule has 1 aromatic carbocycles. The molecule has 2 heterocycles. The summed E-state index contributed by atoms with van der Waals surface area (Å²) in [6.07, 6.45) is -0.449. The van der Waals surface area contributed by atoms with Gasteiger partial charge in [0.15, 0.2) is 12.1 Å². The summed E-state index contributed by atoms with van der Waals surface area (Å²) in [5, 5.41) is 3.00. The molecule has 1 aromatic rings. The topological polar surface area (TPSA) is 95.6 Å². The van der Waals surface area contributed by atoms with Crippen molar-refractivity contribution in [3.05, 3.63) is 35.9 Å². The number of amides is 2. The van der Waals surface area contributed by atoms with E-state index < -0.39 is 36.4 Å². The van der Waals surface area contributed by atoms with Gasteiger partial charge in [0.1, 0.15) is 18.3 Å². The van der Waals surface area contributed by atoms with Crippen molar-refractivity contribution < 1.29 is 33.3 Å². The number of carbonyl (C=O) groups excluding carboxylic acids is 2. The van der Waals surface area contributed by atoms with Crippen LogP contribution < -0.4 is 5.32 Å². The summed E-state index contributed by atoms with van der Waals surface area (Å²) in [6.45, 7) is 6.05. The van der Waals surface area contributed by atoms with Gasteiger partial charge in [-0.15, -0.1) is 0 Å².